The van der Waals surface area contributed by atoms with E-state index in [2.05, 4.69) is 40.1 Å². The summed E-state index contributed by atoms with van der Waals surface area (Å²) in [4.78, 5) is 33.1. The lowest BCUT2D eigenvalue weighted by Crippen LogP contribution is -2.36. The molecule has 4 aromatic heterocycles. The number of amides is 1. The smallest absolute Gasteiger partial charge is 0.280 e. The summed E-state index contributed by atoms with van der Waals surface area (Å²) in [6.07, 6.45) is 4.53. The van der Waals surface area contributed by atoms with E-state index >= 15 is 0 Å². The average molecular weight is 577 g/mol. The van der Waals surface area contributed by atoms with Crippen molar-refractivity contribution in [3.63, 3.8) is 0 Å². The number of nitrogens with zero attached hydrogens (tertiary/aromatic N) is 7. The summed E-state index contributed by atoms with van der Waals surface area (Å²) in [6, 6.07) is 6.64. The van der Waals surface area contributed by atoms with Crippen LogP contribution >= 0.6 is 0 Å². The van der Waals surface area contributed by atoms with Crippen molar-refractivity contribution < 1.29 is 14.3 Å². The van der Waals surface area contributed by atoms with E-state index in [0.717, 1.165) is 31.2 Å². The lowest BCUT2D eigenvalue weighted by molar-refractivity contribution is -0.117. The molecule has 2 fully saturated rings. The molecular formula is C28H36N8O4Si. The normalized spacial score (nSPS) is 19.2. The Balaban J connectivity index is 1.38. The number of pyridine rings is 2. The van der Waals surface area contributed by atoms with E-state index in [1.165, 1.54) is 4.57 Å². The first-order chi connectivity index (χ1) is 19.7. The Morgan fingerprint density at radius 3 is 2.68 bits per heavy atom. The predicted octanol–water partition coefficient (Wildman–Crippen LogP) is 3.24. The summed E-state index contributed by atoms with van der Waals surface area (Å²) in [5.41, 5.74) is 2.16. The maximum Gasteiger partial charge on any atom is 0.280 e. The van der Waals surface area contributed by atoms with E-state index in [1.807, 2.05) is 25.3 Å². The van der Waals surface area contributed by atoms with Crippen LogP contribution in [0, 0.1) is 11.8 Å². The number of anilines is 2. The molecule has 1 aliphatic heterocycles. The van der Waals surface area contributed by atoms with Crippen LogP contribution in [-0.4, -0.2) is 76.3 Å². The molecule has 1 N–H and O–H groups in total. The van der Waals surface area contributed by atoms with Crippen LogP contribution in [0.2, 0.25) is 25.7 Å². The van der Waals surface area contributed by atoms with Crippen molar-refractivity contribution in [2.45, 2.75) is 45.8 Å². The van der Waals surface area contributed by atoms with Crippen LogP contribution in [0.3, 0.4) is 0 Å². The van der Waals surface area contributed by atoms with Gasteiger partial charge in [-0.05, 0) is 36.6 Å². The first-order valence-corrected chi connectivity index (χ1v) is 17.9. The number of hydrogen-bond donors (Lipinski definition) is 1. The first kappa shape index (κ1) is 27.5. The van der Waals surface area contributed by atoms with Gasteiger partial charge in [-0.3, -0.25) is 14.2 Å². The molecule has 0 spiro atoms. The van der Waals surface area contributed by atoms with E-state index in [9.17, 15) is 9.59 Å². The molecule has 5 heterocycles. The number of carbonyl (C=O) groups excluding carboxylic acids is 1. The van der Waals surface area contributed by atoms with Crippen LogP contribution in [0.25, 0.3) is 27.9 Å². The molecule has 12 nitrogen and oxygen atoms in total. The number of carbonyl (C=O) groups is 1. The van der Waals surface area contributed by atoms with Gasteiger partial charge < -0.3 is 19.7 Å². The first-order valence-electron chi connectivity index (χ1n) is 14.2. The van der Waals surface area contributed by atoms with Gasteiger partial charge in [-0.2, -0.15) is 0 Å². The molecule has 1 saturated heterocycles. The Bertz CT molecular complexity index is 1660. The zero-order chi connectivity index (χ0) is 28.7. The third kappa shape index (κ3) is 6.02. The van der Waals surface area contributed by atoms with Crippen LogP contribution in [-0.2, 0) is 21.0 Å². The molecule has 216 valence electrons. The third-order valence-electron chi connectivity index (χ3n) is 7.69. The summed E-state index contributed by atoms with van der Waals surface area (Å²) in [6.45, 7) is 12.6. The molecular weight excluding hydrogens is 540 g/mol. The van der Waals surface area contributed by atoms with Gasteiger partial charge in [-0.15, -0.1) is 15.3 Å². The minimum absolute atomic E-state index is 0.0194. The maximum atomic E-state index is 13.4. The van der Waals surface area contributed by atoms with Crippen molar-refractivity contribution in [1.29, 1.82) is 0 Å². The average Bonchev–Trinajstić information content (AvgIpc) is 3.54. The molecule has 0 aromatic carbocycles. The highest BCUT2D eigenvalue weighted by Crippen LogP contribution is 2.38. The van der Waals surface area contributed by atoms with Crippen molar-refractivity contribution in [2.24, 2.45) is 11.8 Å². The second-order valence-corrected chi connectivity index (χ2v) is 17.8. The third-order valence-corrected chi connectivity index (χ3v) is 9.39. The van der Waals surface area contributed by atoms with Crippen molar-refractivity contribution in [2.75, 3.05) is 43.1 Å². The topological polar surface area (TPSA) is 129 Å². The minimum Gasteiger partial charge on any atom is -0.378 e. The van der Waals surface area contributed by atoms with E-state index in [4.69, 9.17) is 19.6 Å². The molecule has 0 bridgehead atoms. The Labute approximate surface area is 238 Å². The molecule has 1 amide bonds. The van der Waals surface area contributed by atoms with E-state index in [0.29, 0.717) is 54.0 Å². The van der Waals surface area contributed by atoms with Gasteiger partial charge in [-0.1, -0.05) is 26.6 Å². The van der Waals surface area contributed by atoms with Gasteiger partial charge in [0.15, 0.2) is 22.8 Å². The number of nitrogens with one attached hydrogen (secondary N) is 1. The lowest BCUT2D eigenvalue weighted by atomic mass is 10.1. The highest BCUT2D eigenvalue weighted by atomic mass is 28.3. The van der Waals surface area contributed by atoms with Gasteiger partial charge in [0.2, 0.25) is 5.91 Å². The molecule has 0 unspecified atom stereocenters. The van der Waals surface area contributed by atoms with Crippen LogP contribution in [0.5, 0.6) is 0 Å². The van der Waals surface area contributed by atoms with E-state index in [-0.39, 0.29) is 29.6 Å². The molecule has 4 aromatic rings. The molecule has 41 heavy (non-hydrogen) atoms. The summed E-state index contributed by atoms with van der Waals surface area (Å²) < 4.78 is 14.6. The Morgan fingerprint density at radius 1 is 1.17 bits per heavy atom. The lowest BCUT2D eigenvalue weighted by Gasteiger charge is -2.28. The summed E-state index contributed by atoms with van der Waals surface area (Å²) in [5, 5.41) is 16.6. The van der Waals surface area contributed by atoms with Crippen LogP contribution in [0.1, 0.15) is 13.3 Å². The number of aromatic nitrogens is 6. The van der Waals surface area contributed by atoms with Crippen LogP contribution in [0.15, 0.2) is 35.4 Å². The second-order valence-electron chi connectivity index (χ2n) is 12.2. The zero-order valence-corrected chi connectivity index (χ0v) is 25.0. The fraction of sp³-hybridized carbons (Fsp3) is 0.500. The quantitative estimate of drug-likeness (QED) is 0.236. The highest BCUT2D eigenvalue weighted by Gasteiger charge is 2.39. The van der Waals surface area contributed by atoms with Gasteiger partial charge >= 0.3 is 0 Å². The Morgan fingerprint density at radius 2 is 1.95 bits per heavy atom. The van der Waals surface area contributed by atoms with E-state index in [1.54, 1.807) is 16.8 Å². The molecule has 6 rings (SSSR count). The molecule has 2 atom stereocenters. The van der Waals surface area contributed by atoms with Crippen molar-refractivity contribution in [3.8, 4) is 11.4 Å². The number of morpholine rings is 1. The van der Waals surface area contributed by atoms with Gasteiger partial charge in [0.1, 0.15) is 6.73 Å². The van der Waals surface area contributed by atoms with Crippen LogP contribution < -0.4 is 15.8 Å². The molecule has 13 heteroatoms. The van der Waals surface area contributed by atoms with E-state index < -0.39 is 8.07 Å². The highest BCUT2D eigenvalue weighted by molar-refractivity contribution is 6.76. The summed E-state index contributed by atoms with van der Waals surface area (Å²) in [5.74, 6) is 0.986. The number of ether oxygens (including phenoxy) is 2. The molecule has 0 radical (unpaired) electrons. The van der Waals surface area contributed by atoms with Crippen LogP contribution in [0.4, 0.5) is 11.5 Å². The van der Waals surface area contributed by atoms with Gasteiger partial charge in [0.25, 0.3) is 5.56 Å². The van der Waals surface area contributed by atoms with Gasteiger partial charge in [-0.25, -0.2) is 9.50 Å². The molecule has 1 aliphatic carbocycles. The molecule has 1 saturated carbocycles. The SMILES string of the molecule is C[C@@H]1C[C@@H]1C(=O)Nc1cc2c(-c3nc4ccc(N5CCOCC5)cn4n3)cn(COCC[Si](C)(C)C)c(=O)c2nn1. The fourth-order valence-electron chi connectivity index (χ4n) is 4.95. The maximum absolute atomic E-state index is 13.4. The minimum atomic E-state index is -1.28. The number of fused-ring (bicyclic) bond motifs is 2. The van der Waals surface area contributed by atoms with Crippen molar-refractivity contribution >= 4 is 42.0 Å². The van der Waals surface area contributed by atoms with Crippen molar-refractivity contribution in [1.82, 2.24) is 29.4 Å². The second kappa shape index (κ2) is 11.0. The Hall–Kier alpha value is -3.68. The van der Waals surface area contributed by atoms with Gasteiger partial charge in [0, 0.05) is 50.8 Å². The number of rotatable bonds is 9. The number of hydrogen-bond acceptors (Lipinski definition) is 9. The van der Waals surface area contributed by atoms with Gasteiger partial charge in [0.05, 0.1) is 25.1 Å². The largest absolute Gasteiger partial charge is 0.378 e. The summed E-state index contributed by atoms with van der Waals surface area (Å²) in [7, 11) is -1.28. The standard InChI is InChI=1S/C28H36N8O4Si/c1-18-13-20(18)27(37)29-23-14-21-22(16-35(28(38)25(21)32-31-23)17-40-11-12-41(2,3)4)26-30-24-6-5-19(15-36(24)33-26)34-7-9-39-10-8-34/h5-6,14-16,18,20H,7-13,17H2,1-4H3,(H,29,31,37)/t18-,20+/m1/s1. The fourth-order valence-corrected chi connectivity index (χ4v) is 5.71. The zero-order valence-electron chi connectivity index (χ0n) is 24.0. The van der Waals surface area contributed by atoms with Crippen molar-refractivity contribution in [3.05, 3.63) is 40.9 Å². The monoisotopic (exact) mass is 576 g/mol. The summed E-state index contributed by atoms with van der Waals surface area (Å²) >= 11 is 0. The molecule has 2 aliphatic rings. The Kier molecular flexibility index (Phi) is 7.34. The predicted molar refractivity (Wildman–Crippen MR) is 159 cm³/mol.